The molecule has 0 saturated heterocycles. The molecule has 0 aliphatic carbocycles. The summed E-state index contributed by atoms with van der Waals surface area (Å²) in [6.45, 7) is 4.75. The number of ether oxygens (including phenoxy) is 4. The van der Waals surface area contributed by atoms with Gasteiger partial charge in [-0.15, -0.1) is 0 Å². The van der Waals surface area contributed by atoms with E-state index >= 15 is 0 Å². The van der Waals surface area contributed by atoms with E-state index in [1.807, 2.05) is 0 Å². The minimum atomic E-state index is -4.99. The van der Waals surface area contributed by atoms with Gasteiger partial charge in [0.15, 0.2) is 12.2 Å². The highest BCUT2D eigenvalue weighted by molar-refractivity contribution is 7.47. The molecule has 0 rings (SSSR count). The maximum Gasteiger partial charge on any atom is 0.472 e. The Kier molecular flexibility index (Phi) is 72.7. The fourth-order valence-electron chi connectivity index (χ4n) is 11.1. The van der Waals surface area contributed by atoms with Crippen molar-refractivity contribution in [3.05, 3.63) is 85.1 Å². The third-order valence-electron chi connectivity index (χ3n) is 17.3. The van der Waals surface area contributed by atoms with E-state index in [0.717, 1.165) is 154 Å². The molecule has 0 aliphatic heterocycles. The van der Waals surface area contributed by atoms with Crippen LogP contribution in [0.1, 0.15) is 362 Å². The summed E-state index contributed by atoms with van der Waals surface area (Å²) >= 11 is 0. The molecule has 0 saturated carbocycles. The Morgan fingerprint density at radius 2 is 0.510 bits per heavy atom. The summed E-state index contributed by atoms with van der Waals surface area (Å²) in [7, 11) is -9.96. The fourth-order valence-corrected chi connectivity index (χ4v) is 12.7. The molecule has 17 nitrogen and oxygen atoms in total. The molecule has 19 heteroatoms. The number of phosphoric ester groups is 2. The van der Waals surface area contributed by atoms with Crippen LogP contribution in [0.15, 0.2) is 85.1 Å². The Bertz CT molecular complexity index is 2260. The van der Waals surface area contributed by atoms with Crippen LogP contribution >= 0.6 is 15.6 Å². The lowest BCUT2D eigenvalue weighted by atomic mass is 10.0. The number of carbonyl (C=O) groups excluding carboxylic acids is 4. The van der Waals surface area contributed by atoms with Crippen LogP contribution in [0.3, 0.4) is 0 Å². The van der Waals surface area contributed by atoms with Crippen molar-refractivity contribution in [1.29, 1.82) is 0 Å². The summed E-state index contributed by atoms with van der Waals surface area (Å²) in [5.74, 6) is -2.20. The molecule has 0 aromatic rings. The Labute approximate surface area is 621 Å². The van der Waals surface area contributed by atoms with Crippen LogP contribution in [0.5, 0.6) is 0 Å². The van der Waals surface area contributed by atoms with E-state index in [2.05, 4.69) is 113 Å². The van der Waals surface area contributed by atoms with Gasteiger partial charge in [-0.2, -0.15) is 0 Å². The molecule has 5 atom stereocenters. The van der Waals surface area contributed by atoms with Crippen molar-refractivity contribution in [1.82, 2.24) is 0 Å². The van der Waals surface area contributed by atoms with Gasteiger partial charge in [0.05, 0.1) is 26.4 Å². The van der Waals surface area contributed by atoms with Crippen LogP contribution in [0.25, 0.3) is 0 Å². The van der Waals surface area contributed by atoms with E-state index < -0.39 is 97.5 Å². The minimum absolute atomic E-state index is 0.0556. The predicted molar refractivity (Wildman–Crippen MR) is 418 cm³/mol. The molecule has 0 fully saturated rings. The highest BCUT2D eigenvalue weighted by Crippen LogP contribution is 2.45. The van der Waals surface area contributed by atoms with Crippen LogP contribution < -0.4 is 0 Å². The van der Waals surface area contributed by atoms with E-state index in [9.17, 15) is 43.2 Å². The highest BCUT2D eigenvalue weighted by Gasteiger charge is 2.30. The zero-order valence-corrected chi connectivity index (χ0v) is 66.6. The Morgan fingerprint density at radius 1 is 0.284 bits per heavy atom. The van der Waals surface area contributed by atoms with E-state index in [1.165, 1.54) is 128 Å². The van der Waals surface area contributed by atoms with Gasteiger partial charge in [-0.3, -0.25) is 37.3 Å². The van der Waals surface area contributed by atoms with Gasteiger partial charge in [0.1, 0.15) is 19.3 Å². The Morgan fingerprint density at radius 3 is 0.804 bits per heavy atom. The average molecular weight is 1480 g/mol. The van der Waals surface area contributed by atoms with Gasteiger partial charge in [-0.1, -0.05) is 299 Å². The van der Waals surface area contributed by atoms with Crippen LogP contribution in [-0.2, 0) is 65.4 Å². The minimum Gasteiger partial charge on any atom is -0.462 e. The van der Waals surface area contributed by atoms with Gasteiger partial charge < -0.3 is 33.8 Å². The largest absolute Gasteiger partial charge is 0.472 e. The van der Waals surface area contributed by atoms with E-state index in [1.54, 1.807) is 0 Å². The van der Waals surface area contributed by atoms with Crippen LogP contribution in [0.4, 0.5) is 0 Å². The lowest BCUT2D eigenvalue weighted by Crippen LogP contribution is -2.30. The van der Waals surface area contributed by atoms with Crippen LogP contribution in [-0.4, -0.2) is 96.7 Å². The first-order valence-electron chi connectivity index (χ1n) is 40.8. The summed E-state index contributed by atoms with van der Waals surface area (Å²) < 4.78 is 68.6. The monoisotopic (exact) mass is 1480 g/mol. The fraction of sp³-hybridized carbons (Fsp3) is 0.783. The van der Waals surface area contributed by atoms with Crippen LogP contribution in [0.2, 0.25) is 0 Å². The molecule has 102 heavy (non-hydrogen) atoms. The lowest BCUT2D eigenvalue weighted by Gasteiger charge is -2.21. The molecular formula is C83H148O17P2. The maximum absolute atomic E-state index is 13.1. The van der Waals surface area contributed by atoms with Gasteiger partial charge in [0.25, 0.3) is 0 Å². The van der Waals surface area contributed by atoms with E-state index in [4.69, 9.17) is 37.0 Å². The second-order valence-corrected chi connectivity index (χ2v) is 30.2. The molecule has 3 N–H and O–H groups in total. The molecule has 0 aromatic heterocycles. The molecule has 2 unspecified atom stereocenters. The first-order valence-corrected chi connectivity index (χ1v) is 43.8. The molecule has 0 spiro atoms. The lowest BCUT2D eigenvalue weighted by molar-refractivity contribution is -0.161. The van der Waals surface area contributed by atoms with Crippen molar-refractivity contribution in [3.8, 4) is 0 Å². The molecule has 0 heterocycles. The Hall–Kier alpha value is -3.76. The molecule has 0 amide bonds. The van der Waals surface area contributed by atoms with Crippen molar-refractivity contribution >= 4 is 39.5 Å². The standard InChI is InChI=1S/C83H148O17P2/c1-5-9-13-17-21-25-29-33-36-37-38-39-42-46-50-54-58-62-66-70-83(88)100-79(74-94-81(86)68-64-60-56-52-48-45-41-35-31-27-23-19-15-11-7-3)76-98-102(91,92)96-72-77(84)71-95-101(89,90)97-75-78(99-82(87)69-65-61-57-53-49-43-32-28-24-20-16-12-8-4)73-93-80(85)67-63-59-55-51-47-44-40-34-30-26-22-18-14-10-6-2/h9,13,21,25,33-36,38-41,46,50,77-79,84H,5-8,10-12,14-20,22-24,26-32,37,42-45,47-49,51-76H2,1-4H3,(H,89,90)(H,91,92)/b13-9-,25-21-,36-33-,39-38-,40-34-,41-35-,50-46-/t77-,78+,79+/m0/s1. The number of carbonyl (C=O) groups is 4. The number of unbranched alkanes of at least 4 members (excludes halogenated alkanes) is 37. The summed E-state index contributed by atoms with van der Waals surface area (Å²) in [5, 5.41) is 10.6. The molecular weight excluding hydrogens is 1330 g/mol. The van der Waals surface area contributed by atoms with Gasteiger partial charge in [-0.25, -0.2) is 9.13 Å². The van der Waals surface area contributed by atoms with Crippen molar-refractivity contribution in [2.75, 3.05) is 39.6 Å². The average Bonchev–Trinajstić information content (AvgIpc) is 0.908. The van der Waals surface area contributed by atoms with Crippen molar-refractivity contribution in [2.45, 2.75) is 380 Å². The number of allylic oxidation sites excluding steroid dienone is 14. The van der Waals surface area contributed by atoms with Gasteiger partial charge in [0, 0.05) is 25.7 Å². The molecule has 0 bridgehead atoms. The van der Waals surface area contributed by atoms with E-state index in [0.29, 0.717) is 25.7 Å². The van der Waals surface area contributed by atoms with E-state index in [-0.39, 0.29) is 25.7 Å². The number of aliphatic hydroxyl groups excluding tert-OH is 1. The van der Waals surface area contributed by atoms with Gasteiger partial charge >= 0.3 is 39.5 Å². The van der Waals surface area contributed by atoms with Crippen molar-refractivity contribution in [3.63, 3.8) is 0 Å². The highest BCUT2D eigenvalue weighted by atomic mass is 31.2. The summed E-state index contributed by atoms with van der Waals surface area (Å²) in [5.41, 5.74) is 0. The Balaban J connectivity index is 5.38. The SMILES string of the molecule is CC/C=C\C/C=C\C/C=C\C/C=C\C/C=C\CCCCCC(=O)O[C@H](COC(=O)CCCCCCC/C=C\CCCCCCCC)COP(=O)(O)OC[C@@H](O)COP(=O)(O)OC[C@@H](COC(=O)CCCCCCC/C=C\CCCCCCCC)OC(=O)CCCCCCCCCCCCCCC. The first kappa shape index (κ1) is 98.2. The third-order valence-corrected chi connectivity index (χ3v) is 19.2. The number of hydrogen-bond acceptors (Lipinski definition) is 15. The van der Waals surface area contributed by atoms with Gasteiger partial charge in [-0.05, 0) is 122 Å². The van der Waals surface area contributed by atoms with Crippen LogP contribution in [0, 0.1) is 0 Å². The smallest absolute Gasteiger partial charge is 0.462 e. The van der Waals surface area contributed by atoms with Crippen molar-refractivity contribution < 1.29 is 80.2 Å². The number of aliphatic hydroxyl groups is 1. The number of phosphoric acid groups is 2. The van der Waals surface area contributed by atoms with Crippen molar-refractivity contribution in [2.24, 2.45) is 0 Å². The molecule has 0 radical (unpaired) electrons. The molecule has 0 aliphatic rings. The number of rotatable bonds is 77. The quantitative estimate of drug-likeness (QED) is 0.0169. The summed E-state index contributed by atoms with van der Waals surface area (Å²) in [6.07, 6.45) is 78.4. The normalized spacial score (nSPS) is 14.3. The third kappa shape index (κ3) is 74.5. The summed E-state index contributed by atoms with van der Waals surface area (Å²) in [4.78, 5) is 73.0. The topological polar surface area (TPSA) is 237 Å². The predicted octanol–water partition coefficient (Wildman–Crippen LogP) is 23.8. The maximum atomic E-state index is 13.1. The number of esters is 4. The number of hydrogen-bond donors (Lipinski definition) is 3. The molecule has 592 valence electrons. The second-order valence-electron chi connectivity index (χ2n) is 27.3. The van der Waals surface area contributed by atoms with Gasteiger partial charge in [0.2, 0.25) is 0 Å². The zero-order valence-electron chi connectivity index (χ0n) is 64.8. The summed E-state index contributed by atoms with van der Waals surface area (Å²) in [6, 6.07) is 0. The second kappa shape index (κ2) is 75.5. The first-order chi connectivity index (χ1) is 49.7. The zero-order chi connectivity index (χ0) is 74.6. The molecule has 0 aromatic carbocycles.